The maximum Gasteiger partial charge on any atom is 0.279 e. The van der Waals surface area contributed by atoms with E-state index in [1.54, 1.807) is 4.31 Å². The van der Waals surface area contributed by atoms with Gasteiger partial charge < -0.3 is 5.32 Å². The van der Waals surface area contributed by atoms with E-state index in [0.29, 0.717) is 24.9 Å². The Labute approximate surface area is 117 Å². The van der Waals surface area contributed by atoms with Gasteiger partial charge in [0.05, 0.1) is 0 Å². The first-order chi connectivity index (χ1) is 9.06. The maximum atomic E-state index is 12.3. The Balaban J connectivity index is 1.85. The van der Waals surface area contributed by atoms with Gasteiger partial charge in [0, 0.05) is 19.1 Å². The van der Waals surface area contributed by atoms with Crippen molar-refractivity contribution in [3.8, 4) is 0 Å². The smallest absolute Gasteiger partial charge is 0.279 e. The topological polar surface area (TPSA) is 61.4 Å². The predicted octanol–water partition coefficient (Wildman–Crippen LogP) is 0.941. The van der Waals surface area contributed by atoms with Crippen LogP contribution in [0.4, 0.5) is 0 Å². The maximum absolute atomic E-state index is 12.3. The van der Waals surface area contributed by atoms with E-state index >= 15 is 0 Å². The van der Waals surface area contributed by atoms with Crippen molar-refractivity contribution in [2.45, 2.75) is 45.6 Å². The Bertz CT molecular complexity index is 385. The Kier molecular flexibility index (Phi) is 5.22. The van der Waals surface area contributed by atoms with Crippen LogP contribution in [-0.4, -0.2) is 44.9 Å². The van der Waals surface area contributed by atoms with Crippen LogP contribution in [-0.2, 0) is 10.2 Å². The number of hydrogen-bond donors (Lipinski definition) is 2. The van der Waals surface area contributed by atoms with Crippen LogP contribution in [0.1, 0.15) is 39.5 Å². The number of piperidine rings is 1. The molecule has 2 aliphatic rings. The second-order valence-corrected chi connectivity index (χ2v) is 7.51. The van der Waals surface area contributed by atoms with Crippen LogP contribution in [0.15, 0.2) is 0 Å². The molecular formula is C13H27N3O2S. The highest BCUT2D eigenvalue weighted by Crippen LogP contribution is 2.34. The molecule has 0 aromatic carbocycles. The monoisotopic (exact) mass is 289 g/mol. The zero-order valence-electron chi connectivity index (χ0n) is 12.1. The Morgan fingerprint density at radius 2 is 2.11 bits per heavy atom. The highest BCUT2D eigenvalue weighted by Gasteiger charge is 2.40. The summed E-state index contributed by atoms with van der Waals surface area (Å²) < 4.78 is 29.1. The van der Waals surface area contributed by atoms with Gasteiger partial charge in [0.15, 0.2) is 0 Å². The second kappa shape index (κ2) is 6.52. The van der Waals surface area contributed by atoms with E-state index in [-0.39, 0.29) is 6.04 Å². The zero-order valence-corrected chi connectivity index (χ0v) is 12.9. The molecular weight excluding hydrogens is 262 g/mol. The van der Waals surface area contributed by atoms with Crippen molar-refractivity contribution >= 4 is 10.2 Å². The molecule has 0 aromatic rings. The van der Waals surface area contributed by atoms with Crippen LogP contribution in [0, 0.1) is 11.8 Å². The molecule has 1 aliphatic heterocycles. The number of rotatable bonds is 7. The molecule has 0 radical (unpaired) electrons. The average Bonchev–Trinajstić information content (AvgIpc) is 3.14. The molecule has 0 amide bonds. The standard InChI is InChI=1S/C13H27N3O2S/c1-3-12-8-13(12)15-19(17,18)16-7-5-6-11(10-16)9-14-4-2/h11-15H,3-10H2,1-2H3. The van der Waals surface area contributed by atoms with E-state index < -0.39 is 10.2 Å². The summed E-state index contributed by atoms with van der Waals surface area (Å²) in [6.07, 6.45) is 4.17. The largest absolute Gasteiger partial charge is 0.317 e. The molecule has 19 heavy (non-hydrogen) atoms. The van der Waals surface area contributed by atoms with Gasteiger partial charge in [0.25, 0.3) is 10.2 Å². The molecule has 0 bridgehead atoms. The quantitative estimate of drug-likeness (QED) is 0.733. The van der Waals surface area contributed by atoms with Crippen molar-refractivity contribution in [3.05, 3.63) is 0 Å². The molecule has 2 fully saturated rings. The Morgan fingerprint density at radius 3 is 2.74 bits per heavy atom. The van der Waals surface area contributed by atoms with Gasteiger partial charge in [-0.25, -0.2) is 0 Å². The van der Waals surface area contributed by atoms with Gasteiger partial charge in [0.2, 0.25) is 0 Å². The average molecular weight is 289 g/mol. The highest BCUT2D eigenvalue weighted by atomic mass is 32.2. The van der Waals surface area contributed by atoms with Crippen molar-refractivity contribution < 1.29 is 8.42 Å². The van der Waals surface area contributed by atoms with Gasteiger partial charge in [-0.1, -0.05) is 20.3 Å². The minimum Gasteiger partial charge on any atom is -0.317 e. The summed E-state index contributed by atoms with van der Waals surface area (Å²) in [6.45, 7) is 7.39. The Hall–Kier alpha value is -0.170. The molecule has 3 unspecified atom stereocenters. The molecule has 5 nitrogen and oxygen atoms in total. The second-order valence-electron chi connectivity index (χ2n) is 5.81. The van der Waals surface area contributed by atoms with E-state index in [2.05, 4.69) is 23.9 Å². The summed E-state index contributed by atoms with van der Waals surface area (Å²) in [5.74, 6) is 1.00. The van der Waals surface area contributed by atoms with Gasteiger partial charge in [-0.15, -0.1) is 0 Å². The Morgan fingerprint density at radius 1 is 1.32 bits per heavy atom. The van der Waals surface area contributed by atoms with Crippen LogP contribution in [0.5, 0.6) is 0 Å². The third-order valence-corrected chi connectivity index (χ3v) is 5.86. The van der Waals surface area contributed by atoms with Gasteiger partial charge >= 0.3 is 0 Å². The minimum atomic E-state index is -3.27. The number of nitrogens with zero attached hydrogens (tertiary/aromatic N) is 1. The third-order valence-electron chi connectivity index (χ3n) is 4.25. The van der Waals surface area contributed by atoms with E-state index in [1.807, 2.05) is 0 Å². The van der Waals surface area contributed by atoms with Crippen LogP contribution in [0.3, 0.4) is 0 Å². The highest BCUT2D eigenvalue weighted by molar-refractivity contribution is 7.87. The van der Waals surface area contributed by atoms with Gasteiger partial charge in [-0.3, -0.25) is 0 Å². The van der Waals surface area contributed by atoms with Crippen molar-refractivity contribution in [1.29, 1.82) is 0 Å². The minimum absolute atomic E-state index is 0.184. The molecule has 6 heteroatoms. The molecule has 0 spiro atoms. The SMILES string of the molecule is CCNCC1CCCN(S(=O)(=O)NC2CC2CC)C1. The van der Waals surface area contributed by atoms with Crippen molar-refractivity contribution in [2.75, 3.05) is 26.2 Å². The molecule has 0 aromatic heterocycles. The fourth-order valence-electron chi connectivity index (χ4n) is 2.87. The normalized spacial score (nSPS) is 32.4. The predicted molar refractivity (Wildman–Crippen MR) is 77.1 cm³/mol. The lowest BCUT2D eigenvalue weighted by molar-refractivity contribution is 0.258. The molecule has 2 N–H and O–H groups in total. The van der Waals surface area contributed by atoms with Gasteiger partial charge in [0.1, 0.15) is 0 Å². The first-order valence-electron chi connectivity index (χ1n) is 7.55. The van der Waals surface area contributed by atoms with Crippen LogP contribution < -0.4 is 10.0 Å². The summed E-state index contributed by atoms with van der Waals surface area (Å²) in [5.41, 5.74) is 0. The zero-order chi connectivity index (χ0) is 13.9. The first kappa shape index (κ1) is 15.2. The van der Waals surface area contributed by atoms with Crippen molar-refractivity contribution in [2.24, 2.45) is 11.8 Å². The van der Waals surface area contributed by atoms with Gasteiger partial charge in [-0.05, 0) is 44.2 Å². The lowest BCUT2D eigenvalue weighted by Crippen LogP contribution is -2.48. The molecule has 1 saturated carbocycles. The summed E-state index contributed by atoms with van der Waals surface area (Å²) >= 11 is 0. The fourth-order valence-corrected chi connectivity index (χ4v) is 4.47. The molecule has 3 atom stereocenters. The fraction of sp³-hybridized carbons (Fsp3) is 1.00. The number of nitrogens with one attached hydrogen (secondary N) is 2. The van der Waals surface area contributed by atoms with Crippen LogP contribution in [0.2, 0.25) is 0 Å². The van der Waals surface area contributed by atoms with E-state index in [4.69, 9.17) is 0 Å². The summed E-state index contributed by atoms with van der Waals surface area (Å²) in [5, 5.41) is 3.32. The molecule has 1 heterocycles. The van der Waals surface area contributed by atoms with Crippen LogP contribution >= 0.6 is 0 Å². The van der Waals surface area contributed by atoms with Crippen molar-refractivity contribution in [1.82, 2.24) is 14.3 Å². The van der Waals surface area contributed by atoms with E-state index in [0.717, 1.165) is 38.8 Å². The molecule has 2 rings (SSSR count). The lowest BCUT2D eigenvalue weighted by Gasteiger charge is -2.32. The summed E-state index contributed by atoms with van der Waals surface area (Å²) in [4.78, 5) is 0. The van der Waals surface area contributed by atoms with Crippen molar-refractivity contribution in [3.63, 3.8) is 0 Å². The lowest BCUT2D eigenvalue weighted by atomic mass is 10.00. The van der Waals surface area contributed by atoms with E-state index in [1.165, 1.54) is 0 Å². The van der Waals surface area contributed by atoms with E-state index in [9.17, 15) is 8.42 Å². The molecule has 1 aliphatic carbocycles. The summed E-state index contributed by atoms with van der Waals surface area (Å²) in [6, 6.07) is 0.184. The van der Waals surface area contributed by atoms with Gasteiger partial charge in [-0.2, -0.15) is 17.4 Å². The number of hydrogen-bond acceptors (Lipinski definition) is 3. The van der Waals surface area contributed by atoms with Crippen LogP contribution in [0.25, 0.3) is 0 Å². The molecule has 112 valence electrons. The summed E-state index contributed by atoms with van der Waals surface area (Å²) in [7, 11) is -3.27. The molecule has 1 saturated heterocycles. The first-order valence-corrected chi connectivity index (χ1v) is 8.99. The third kappa shape index (κ3) is 4.15.